The van der Waals surface area contributed by atoms with E-state index in [4.69, 9.17) is 0 Å². The number of amides is 1. The standard InChI is InChI=1S/C18H20BrNO2/c1-18(22,15-8-10-16(19)11-9-15)13-20-17(21)12-7-14-5-3-2-4-6-14/h2-6,8-11,22H,7,12-13H2,1H3,(H,20,21). The summed E-state index contributed by atoms with van der Waals surface area (Å²) in [6, 6.07) is 17.3. The van der Waals surface area contributed by atoms with Crippen molar-refractivity contribution in [1.82, 2.24) is 5.32 Å². The first-order valence-corrected chi connectivity index (χ1v) is 8.06. The van der Waals surface area contributed by atoms with Crippen molar-refractivity contribution in [3.8, 4) is 0 Å². The lowest BCUT2D eigenvalue weighted by molar-refractivity contribution is -0.122. The summed E-state index contributed by atoms with van der Waals surface area (Å²) in [4.78, 5) is 11.9. The maximum Gasteiger partial charge on any atom is 0.220 e. The number of carbonyl (C=O) groups excluding carboxylic acids is 1. The van der Waals surface area contributed by atoms with E-state index in [0.717, 1.165) is 15.6 Å². The van der Waals surface area contributed by atoms with Gasteiger partial charge in [-0.1, -0.05) is 58.4 Å². The van der Waals surface area contributed by atoms with Crippen LogP contribution in [0.4, 0.5) is 0 Å². The number of hydrogen-bond acceptors (Lipinski definition) is 2. The second-order valence-electron chi connectivity index (χ2n) is 5.54. The lowest BCUT2D eigenvalue weighted by Crippen LogP contribution is -2.38. The van der Waals surface area contributed by atoms with Crippen molar-refractivity contribution >= 4 is 21.8 Å². The van der Waals surface area contributed by atoms with Gasteiger partial charge in [-0.25, -0.2) is 0 Å². The largest absolute Gasteiger partial charge is 0.384 e. The molecule has 2 rings (SSSR count). The van der Waals surface area contributed by atoms with Crippen molar-refractivity contribution in [2.24, 2.45) is 0 Å². The predicted molar refractivity (Wildman–Crippen MR) is 91.5 cm³/mol. The molecule has 0 saturated heterocycles. The molecule has 1 amide bonds. The number of benzene rings is 2. The van der Waals surface area contributed by atoms with Crippen molar-refractivity contribution in [3.05, 3.63) is 70.2 Å². The zero-order valence-corrected chi connectivity index (χ0v) is 14.1. The Morgan fingerprint density at radius 1 is 1.14 bits per heavy atom. The fourth-order valence-corrected chi connectivity index (χ4v) is 2.44. The minimum absolute atomic E-state index is 0.0544. The van der Waals surface area contributed by atoms with Gasteiger partial charge in [0.25, 0.3) is 0 Å². The second-order valence-corrected chi connectivity index (χ2v) is 6.46. The van der Waals surface area contributed by atoms with Crippen LogP contribution in [0.1, 0.15) is 24.5 Å². The number of hydrogen-bond donors (Lipinski definition) is 2. The highest BCUT2D eigenvalue weighted by atomic mass is 79.9. The van der Waals surface area contributed by atoms with Gasteiger partial charge in [0.1, 0.15) is 5.60 Å². The SMILES string of the molecule is CC(O)(CNC(=O)CCc1ccccc1)c1ccc(Br)cc1. The van der Waals surface area contributed by atoms with Crippen LogP contribution in [-0.2, 0) is 16.8 Å². The molecule has 0 bridgehead atoms. The predicted octanol–water partition coefficient (Wildman–Crippen LogP) is 3.41. The van der Waals surface area contributed by atoms with Crippen LogP contribution < -0.4 is 5.32 Å². The first-order chi connectivity index (χ1) is 10.5. The summed E-state index contributed by atoms with van der Waals surface area (Å²) in [5, 5.41) is 13.3. The number of rotatable bonds is 6. The van der Waals surface area contributed by atoms with Gasteiger partial charge in [-0.3, -0.25) is 4.79 Å². The third-order valence-corrected chi connectivity index (χ3v) is 4.11. The minimum atomic E-state index is -1.08. The molecule has 116 valence electrons. The molecular weight excluding hydrogens is 342 g/mol. The van der Waals surface area contributed by atoms with Crippen molar-refractivity contribution < 1.29 is 9.90 Å². The zero-order valence-electron chi connectivity index (χ0n) is 12.6. The van der Waals surface area contributed by atoms with Gasteiger partial charge in [0, 0.05) is 10.9 Å². The highest BCUT2D eigenvalue weighted by molar-refractivity contribution is 9.10. The summed E-state index contributed by atoms with van der Waals surface area (Å²) in [5.41, 5.74) is 0.833. The molecule has 2 N–H and O–H groups in total. The Bertz CT molecular complexity index is 609. The Morgan fingerprint density at radius 3 is 2.41 bits per heavy atom. The molecule has 4 heteroatoms. The molecule has 0 spiro atoms. The summed E-state index contributed by atoms with van der Waals surface area (Å²) in [5.74, 6) is -0.0544. The molecule has 0 fully saturated rings. The quantitative estimate of drug-likeness (QED) is 0.828. The van der Waals surface area contributed by atoms with Crippen LogP contribution in [0.25, 0.3) is 0 Å². The summed E-state index contributed by atoms with van der Waals surface area (Å²) in [6.45, 7) is 1.90. The van der Waals surface area contributed by atoms with E-state index in [1.165, 1.54) is 0 Å². The fourth-order valence-electron chi connectivity index (χ4n) is 2.17. The van der Waals surface area contributed by atoms with Gasteiger partial charge < -0.3 is 10.4 Å². The maximum absolute atomic E-state index is 11.9. The second kappa shape index (κ2) is 7.56. The Labute approximate surface area is 139 Å². The van der Waals surface area contributed by atoms with E-state index in [1.807, 2.05) is 54.6 Å². The van der Waals surface area contributed by atoms with E-state index in [0.29, 0.717) is 12.8 Å². The van der Waals surface area contributed by atoms with Crippen LogP contribution in [0.3, 0.4) is 0 Å². The number of aliphatic hydroxyl groups is 1. The van der Waals surface area contributed by atoms with Gasteiger partial charge in [0.2, 0.25) is 5.91 Å². The molecule has 0 aliphatic rings. The summed E-state index contributed by atoms with van der Waals surface area (Å²) in [7, 11) is 0. The van der Waals surface area contributed by atoms with Gasteiger partial charge in [0.15, 0.2) is 0 Å². The van der Waals surface area contributed by atoms with Crippen LogP contribution in [0, 0.1) is 0 Å². The normalized spacial score (nSPS) is 13.4. The number of nitrogens with one attached hydrogen (secondary N) is 1. The summed E-state index contributed by atoms with van der Waals surface area (Å²) in [6.07, 6.45) is 1.12. The van der Waals surface area contributed by atoms with Crippen LogP contribution in [0.2, 0.25) is 0 Å². The maximum atomic E-state index is 11.9. The Morgan fingerprint density at radius 2 is 1.77 bits per heavy atom. The first-order valence-electron chi connectivity index (χ1n) is 7.26. The van der Waals surface area contributed by atoms with Gasteiger partial charge in [-0.15, -0.1) is 0 Å². The smallest absolute Gasteiger partial charge is 0.220 e. The molecule has 0 aromatic heterocycles. The molecule has 0 aliphatic heterocycles. The van der Waals surface area contributed by atoms with E-state index < -0.39 is 5.60 Å². The van der Waals surface area contributed by atoms with Gasteiger partial charge in [-0.2, -0.15) is 0 Å². The molecule has 22 heavy (non-hydrogen) atoms. The Balaban J connectivity index is 1.83. The molecule has 1 atom stereocenters. The van der Waals surface area contributed by atoms with E-state index in [-0.39, 0.29) is 12.5 Å². The van der Waals surface area contributed by atoms with E-state index in [1.54, 1.807) is 6.92 Å². The Hall–Kier alpha value is -1.65. The molecule has 0 heterocycles. The van der Waals surface area contributed by atoms with Gasteiger partial charge in [0.05, 0.1) is 6.54 Å². The summed E-state index contributed by atoms with van der Waals surface area (Å²) < 4.78 is 0.957. The molecule has 0 saturated carbocycles. The molecule has 0 radical (unpaired) electrons. The molecule has 1 unspecified atom stereocenters. The van der Waals surface area contributed by atoms with Crippen molar-refractivity contribution in [3.63, 3.8) is 0 Å². The van der Waals surface area contributed by atoms with Gasteiger partial charge >= 0.3 is 0 Å². The van der Waals surface area contributed by atoms with Crippen LogP contribution in [-0.4, -0.2) is 17.6 Å². The van der Waals surface area contributed by atoms with E-state index >= 15 is 0 Å². The molecule has 2 aromatic carbocycles. The minimum Gasteiger partial charge on any atom is -0.384 e. The van der Waals surface area contributed by atoms with Crippen molar-refractivity contribution in [1.29, 1.82) is 0 Å². The van der Waals surface area contributed by atoms with Crippen LogP contribution in [0.15, 0.2) is 59.1 Å². The van der Waals surface area contributed by atoms with Crippen LogP contribution in [0.5, 0.6) is 0 Å². The highest BCUT2D eigenvalue weighted by Gasteiger charge is 2.23. The lowest BCUT2D eigenvalue weighted by Gasteiger charge is -2.24. The third kappa shape index (κ3) is 4.97. The fraction of sp³-hybridized carbons (Fsp3) is 0.278. The number of halogens is 1. The van der Waals surface area contributed by atoms with Crippen molar-refractivity contribution in [2.45, 2.75) is 25.4 Å². The summed E-state index contributed by atoms with van der Waals surface area (Å²) >= 11 is 3.37. The molecule has 0 aliphatic carbocycles. The topological polar surface area (TPSA) is 49.3 Å². The van der Waals surface area contributed by atoms with Gasteiger partial charge in [-0.05, 0) is 36.6 Å². The van der Waals surface area contributed by atoms with E-state index in [2.05, 4.69) is 21.2 Å². The zero-order chi connectivity index (χ0) is 16.0. The molecule has 2 aromatic rings. The number of carbonyl (C=O) groups is 1. The molecule has 3 nitrogen and oxygen atoms in total. The molecular formula is C18H20BrNO2. The first kappa shape index (κ1) is 16.7. The average Bonchev–Trinajstić information content (AvgIpc) is 2.52. The lowest BCUT2D eigenvalue weighted by atomic mass is 9.96. The van der Waals surface area contributed by atoms with E-state index in [9.17, 15) is 9.90 Å². The Kier molecular flexibility index (Phi) is 5.75. The highest BCUT2D eigenvalue weighted by Crippen LogP contribution is 2.21. The van der Waals surface area contributed by atoms with Crippen LogP contribution >= 0.6 is 15.9 Å². The third-order valence-electron chi connectivity index (χ3n) is 3.58. The average molecular weight is 362 g/mol. The monoisotopic (exact) mass is 361 g/mol. The van der Waals surface area contributed by atoms with Crippen molar-refractivity contribution in [2.75, 3.05) is 6.54 Å². The number of aryl methyl sites for hydroxylation is 1.